The van der Waals surface area contributed by atoms with Crippen molar-refractivity contribution in [1.29, 1.82) is 0 Å². The van der Waals surface area contributed by atoms with Gasteiger partial charge in [0.2, 0.25) is 0 Å². The van der Waals surface area contributed by atoms with Crippen molar-refractivity contribution in [3.05, 3.63) is 63.7 Å². The van der Waals surface area contributed by atoms with Gasteiger partial charge in [0.05, 0.1) is 11.5 Å². The van der Waals surface area contributed by atoms with Crippen LogP contribution in [0.25, 0.3) is 0 Å². The van der Waals surface area contributed by atoms with Crippen LogP contribution in [-0.2, 0) is 6.61 Å². The lowest BCUT2D eigenvalue weighted by Gasteiger charge is -2.12. The molecule has 0 aromatic heterocycles. The van der Waals surface area contributed by atoms with E-state index in [-0.39, 0.29) is 18.1 Å². The fraction of sp³-hybridized carbons (Fsp3) is 0.235. The molecule has 0 amide bonds. The van der Waals surface area contributed by atoms with Crippen LogP contribution >= 0.6 is 0 Å². The van der Waals surface area contributed by atoms with Crippen LogP contribution in [0.1, 0.15) is 29.8 Å². The predicted octanol–water partition coefficient (Wildman–Crippen LogP) is 3.78. The van der Waals surface area contributed by atoms with E-state index in [0.717, 1.165) is 5.56 Å². The van der Waals surface area contributed by atoms with Gasteiger partial charge in [0.15, 0.2) is 5.78 Å². The van der Waals surface area contributed by atoms with Gasteiger partial charge < -0.3 is 9.47 Å². The molecule has 0 unspecified atom stereocenters. The second-order valence-electron chi connectivity index (χ2n) is 4.85. The van der Waals surface area contributed by atoms with E-state index in [4.69, 9.17) is 9.47 Å². The summed E-state index contributed by atoms with van der Waals surface area (Å²) in [5.41, 5.74) is 1.33. The third kappa shape index (κ3) is 4.29. The lowest BCUT2D eigenvalue weighted by molar-refractivity contribution is -0.384. The molecule has 0 aliphatic rings. The second-order valence-corrected chi connectivity index (χ2v) is 4.85. The zero-order valence-corrected chi connectivity index (χ0v) is 12.9. The molecule has 2 aromatic rings. The van der Waals surface area contributed by atoms with Gasteiger partial charge in [0, 0.05) is 23.3 Å². The standard InChI is InChI=1S/C17H17NO5/c1-3-22-17-9-4-13(12(2)19)10-14(17)11-23-16-7-5-15(6-8-16)18(20)21/h4-10H,3,11H2,1-2H3. The van der Waals surface area contributed by atoms with Crippen molar-refractivity contribution in [2.45, 2.75) is 20.5 Å². The predicted molar refractivity (Wildman–Crippen MR) is 85.0 cm³/mol. The Hall–Kier alpha value is -2.89. The van der Waals surface area contributed by atoms with Crippen molar-refractivity contribution in [1.82, 2.24) is 0 Å². The summed E-state index contributed by atoms with van der Waals surface area (Å²) < 4.78 is 11.2. The minimum atomic E-state index is -0.465. The largest absolute Gasteiger partial charge is 0.493 e. The molecule has 120 valence electrons. The van der Waals surface area contributed by atoms with Gasteiger partial charge in [-0.2, -0.15) is 0 Å². The van der Waals surface area contributed by atoms with Crippen LogP contribution in [0.4, 0.5) is 5.69 Å². The van der Waals surface area contributed by atoms with Crippen LogP contribution in [0.15, 0.2) is 42.5 Å². The smallest absolute Gasteiger partial charge is 0.269 e. The minimum absolute atomic E-state index is 0.00549. The number of nitro groups is 1. The molecule has 0 N–H and O–H groups in total. The molecule has 6 heteroatoms. The number of hydrogen-bond acceptors (Lipinski definition) is 5. The van der Waals surface area contributed by atoms with Crippen molar-refractivity contribution in [3.63, 3.8) is 0 Å². The minimum Gasteiger partial charge on any atom is -0.493 e. The quantitative estimate of drug-likeness (QED) is 0.441. The van der Waals surface area contributed by atoms with E-state index in [0.29, 0.717) is 23.7 Å². The van der Waals surface area contributed by atoms with Crippen molar-refractivity contribution >= 4 is 11.5 Å². The van der Waals surface area contributed by atoms with Gasteiger partial charge in [-0.05, 0) is 44.2 Å². The summed E-state index contributed by atoms with van der Waals surface area (Å²) >= 11 is 0. The van der Waals surface area contributed by atoms with Crippen LogP contribution < -0.4 is 9.47 Å². The molecule has 2 aromatic carbocycles. The number of non-ortho nitro benzene ring substituents is 1. The molecule has 0 radical (unpaired) electrons. The molecule has 0 bridgehead atoms. The number of benzene rings is 2. The number of nitro benzene ring substituents is 1. The Morgan fingerprint density at radius 1 is 1.13 bits per heavy atom. The SMILES string of the molecule is CCOc1ccc(C(C)=O)cc1COc1ccc([N+](=O)[O-])cc1. The first-order valence-electron chi connectivity index (χ1n) is 7.15. The average molecular weight is 315 g/mol. The maximum absolute atomic E-state index is 11.5. The lowest BCUT2D eigenvalue weighted by Crippen LogP contribution is -2.03. The maximum atomic E-state index is 11.5. The Bertz CT molecular complexity index is 709. The highest BCUT2D eigenvalue weighted by atomic mass is 16.6. The lowest BCUT2D eigenvalue weighted by atomic mass is 10.1. The molecule has 0 heterocycles. The highest BCUT2D eigenvalue weighted by Gasteiger charge is 2.10. The zero-order valence-electron chi connectivity index (χ0n) is 12.9. The van der Waals surface area contributed by atoms with Crippen molar-refractivity contribution in [3.8, 4) is 11.5 Å². The first-order valence-corrected chi connectivity index (χ1v) is 7.15. The van der Waals surface area contributed by atoms with Crippen molar-refractivity contribution in [2.24, 2.45) is 0 Å². The third-order valence-electron chi connectivity index (χ3n) is 3.21. The molecule has 2 rings (SSSR count). The van der Waals surface area contributed by atoms with E-state index in [1.165, 1.54) is 31.2 Å². The number of nitrogens with zero attached hydrogens (tertiary/aromatic N) is 1. The summed E-state index contributed by atoms with van der Waals surface area (Å²) in [5, 5.41) is 10.6. The molecular weight excluding hydrogens is 298 g/mol. The number of ketones is 1. The number of ether oxygens (including phenoxy) is 2. The third-order valence-corrected chi connectivity index (χ3v) is 3.21. The Morgan fingerprint density at radius 3 is 2.39 bits per heavy atom. The Kier molecular flexibility index (Phi) is 5.30. The van der Waals surface area contributed by atoms with Gasteiger partial charge in [-0.3, -0.25) is 14.9 Å². The summed E-state index contributed by atoms with van der Waals surface area (Å²) in [6.07, 6.45) is 0. The zero-order chi connectivity index (χ0) is 16.8. The van der Waals surface area contributed by atoms with E-state index >= 15 is 0 Å². The van der Waals surface area contributed by atoms with Gasteiger partial charge in [-0.15, -0.1) is 0 Å². The van der Waals surface area contributed by atoms with E-state index in [9.17, 15) is 14.9 Å². The van der Waals surface area contributed by atoms with Crippen LogP contribution in [0.3, 0.4) is 0 Å². The maximum Gasteiger partial charge on any atom is 0.269 e. The number of Topliss-reactive ketones (excluding diaryl/α,β-unsaturated/α-hetero) is 1. The van der Waals surface area contributed by atoms with E-state index in [2.05, 4.69) is 0 Å². The van der Waals surface area contributed by atoms with Crippen molar-refractivity contribution < 1.29 is 19.2 Å². The summed E-state index contributed by atoms with van der Waals surface area (Å²) in [6, 6.07) is 11.0. The molecule has 0 fully saturated rings. The Labute approximate surface area is 133 Å². The van der Waals surface area contributed by atoms with E-state index in [1.807, 2.05) is 6.92 Å². The van der Waals surface area contributed by atoms with Gasteiger partial charge in [0.1, 0.15) is 18.1 Å². The average Bonchev–Trinajstić information content (AvgIpc) is 2.54. The molecule has 0 aliphatic heterocycles. The molecule has 0 atom stereocenters. The number of rotatable bonds is 7. The fourth-order valence-electron chi connectivity index (χ4n) is 2.03. The van der Waals surface area contributed by atoms with Crippen molar-refractivity contribution in [2.75, 3.05) is 6.61 Å². The van der Waals surface area contributed by atoms with Gasteiger partial charge in [0.25, 0.3) is 5.69 Å². The monoisotopic (exact) mass is 315 g/mol. The summed E-state index contributed by atoms with van der Waals surface area (Å²) in [5.74, 6) is 1.12. The van der Waals surface area contributed by atoms with Gasteiger partial charge in [-0.1, -0.05) is 0 Å². The number of carbonyl (C=O) groups excluding carboxylic acids is 1. The molecule has 0 saturated carbocycles. The molecule has 0 spiro atoms. The fourth-order valence-corrected chi connectivity index (χ4v) is 2.03. The number of carbonyl (C=O) groups is 1. The summed E-state index contributed by atoms with van der Waals surface area (Å²) in [7, 11) is 0. The molecular formula is C17H17NO5. The van der Waals surface area contributed by atoms with E-state index < -0.39 is 4.92 Å². The van der Waals surface area contributed by atoms with Gasteiger partial charge >= 0.3 is 0 Å². The first-order chi connectivity index (χ1) is 11.0. The summed E-state index contributed by atoms with van der Waals surface area (Å²) in [6.45, 7) is 4.08. The molecule has 0 saturated heterocycles. The highest BCUT2D eigenvalue weighted by molar-refractivity contribution is 5.94. The highest BCUT2D eigenvalue weighted by Crippen LogP contribution is 2.24. The van der Waals surface area contributed by atoms with Crippen LogP contribution in [-0.4, -0.2) is 17.3 Å². The van der Waals surface area contributed by atoms with Crippen LogP contribution in [0, 0.1) is 10.1 Å². The molecule has 6 nitrogen and oxygen atoms in total. The van der Waals surface area contributed by atoms with Crippen LogP contribution in [0.2, 0.25) is 0 Å². The Balaban J connectivity index is 2.16. The Morgan fingerprint density at radius 2 is 1.83 bits per heavy atom. The number of hydrogen-bond donors (Lipinski definition) is 0. The second kappa shape index (κ2) is 7.40. The van der Waals surface area contributed by atoms with E-state index in [1.54, 1.807) is 18.2 Å². The van der Waals surface area contributed by atoms with Gasteiger partial charge in [-0.25, -0.2) is 0 Å². The molecule has 0 aliphatic carbocycles. The summed E-state index contributed by atoms with van der Waals surface area (Å²) in [4.78, 5) is 21.7. The normalized spacial score (nSPS) is 10.2. The topological polar surface area (TPSA) is 78.7 Å². The first kappa shape index (κ1) is 16.5. The molecule has 23 heavy (non-hydrogen) atoms. The van der Waals surface area contributed by atoms with Crippen LogP contribution in [0.5, 0.6) is 11.5 Å².